The average Bonchev–Trinajstić information content (AvgIpc) is 2.37. The van der Waals surface area contributed by atoms with Crippen molar-refractivity contribution in [1.82, 2.24) is 0 Å². The number of amides is 1. The van der Waals surface area contributed by atoms with Crippen molar-refractivity contribution in [2.24, 2.45) is 11.7 Å². The van der Waals surface area contributed by atoms with Gasteiger partial charge in [-0.25, -0.2) is 0 Å². The summed E-state index contributed by atoms with van der Waals surface area (Å²) < 4.78 is 10.3. The highest BCUT2D eigenvalue weighted by atomic mass is 16.5. The molecule has 18 heavy (non-hydrogen) atoms. The van der Waals surface area contributed by atoms with Gasteiger partial charge in [0.15, 0.2) is 11.5 Å². The van der Waals surface area contributed by atoms with Crippen LogP contribution in [-0.4, -0.2) is 26.2 Å². The zero-order valence-corrected chi connectivity index (χ0v) is 11.2. The number of hydrogen-bond donors (Lipinski definition) is 2. The van der Waals surface area contributed by atoms with Crippen LogP contribution in [0.5, 0.6) is 11.5 Å². The van der Waals surface area contributed by atoms with E-state index in [1.165, 1.54) is 0 Å². The fourth-order valence-corrected chi connectivity index (χ4v) is 1.44. The maximum atomic E-state index is 11.8. The molecule has 1 amide bonds. The molecule has 5 heteroatoms. The Balaban J connectivity index is 2.82. The molecule has 3 N–H and O–H groups in total. The minimum absolute atomic E-state index is 0.0881. The molecule has 0 aliphatic rings. The second kappa shape index (κ2) is 6.26. The Morgan fingerprint density at radius 2 is 1.83 bits per heavy atom. The van der Waals surface area contributed by atoms with E-state index in [2.05, 4.69) is 5.32 Å². The fourth-order valence-electron chi connectivity index (χ4n) is 1.44. The SMILES string of the molecule is COc1ccc(NC(=O)[C@@H](N)C(C)C)cc1OC. The standard InChI is InChI=1S/C13H20N2O3/c1-8(2)12(14)13(16)15-9-5-6-10(17-3)11(7-9)18-4/h5-8,12H,14H2,1-4H3,(H,15,16)/t12-/m0/s1. The van der Waals surface area contributed by atoms with E-state index in [0.29, 0.717) is 17.2 Å². The molecule has 0 saturated carbocycles. The molecular weight excluding hydrogens is 232 g/mol. The van der Waals surface area contributed by atoms with E-state index >= 15 is 0 Å². The third kappa shape index (κ3) is 3.37. The Morgan fingerprint density at radius 3 is 2.33 bits per heavy atom. The molecule has 1 aromatic carbocycles. The van der Waals surface area contributed by atoms with E-state index < -0.39 is 6.04 Å². The second-order valence-corrected chi connectivity index (χ2v) is 4.33. The first-order valence-corrected chi connectivity index (χ1v) is 5.78. The van der Waals surface area contributed by atoms with E-state index in [1.54, 1.807) is 32.4 Å². The molecule has 0 aliphatic heterocycles. The summed E-state index contributed by atoms with van der Waals surface area (Å²) in [6.07, 6.45) is 0. The predicted molar refractivity (Wildman–Crippen MR) is 71.0 cm³/mol. The van der Waals surface area contributed by atoms with Crippen molar-refractivity contribution in [1.29, 1.82) is 0 Å². The Kier molecular flexibility index (Phi) is 4.97. The molecule has 100 valence electrons. The van der Waals surface area contributed by atoms with Crippen LogP contribution in [0, 0.1) is 5.92 Å². The molecule has 0 saturated heterocycles. The lowest BCUT2D eigenvalue weighted by molar-refractivity contribution is -0.118. The molecular formula is C13H20N2O3. The molecule has 0 unspecified atom stereocenters. The molecule has 0 spiro atoms. The summed E-state index contributed by atoms with van der Waals surface area (Å²) in [7, 11) is 3.11. The third-order valence-electron chi connectivity index (χ3n) is 2.67. The number of carbonyl (C=O) groups is 1. The normalized spacial score (nSPS) is 12.1. The minimum Gasteiger partial charge on any atom is -0.493 e. The average molecular weight is 252 g/mol. The Hall–Kier alpha value is -1.75. The highest BCUT2D eigenvalue weighted by Gasteiger charge is 2.17. The van der Waals surface area contributed by atoms with Crippen LogP contribution in [-0.2, 0) is 4.79 Å². The molecule has 1 rings (SSSR count). The van der Waals surface area contributed by atoms with Gasteiger partial charge in [-0.2, -0.15) is 0 Å². The van der Waals surface area contributed by atoms with Gasteiger partial charge in [-0.05, 0) is 18.1 Å². The summed E-state index contributed by atoms with van der Waals surface area (Å²) >= 11 is 0. The smallest absolute Gasteiger partial charge is 0.241 e. The van der Waals surface area contributed by atoms with Crippen LogP contribution in [0.2, 0.25) is 0 Å². The highest BCUT2D eigenvalue weighted by Crippen LogP contribution is 2.29. The zero-order valence-electron chi connectivity index (χ0n) is 11.2. The molecule has 0 bridgehead atoms. The third-order valence-corrected chi connectivity index (χ3v) is 2.67. The zero-order chi connectivity index (χ0) is 13.7. The lowest BCUT2D eigenvalue weighted by Gasteiger charge is -2.16. The van der Waals surface area contributed by atoms with Crippen LogP contribution in [0.15, 0.2) is 18.2 Å². The van der Waals surface area contributed by atoms with Crippen molar-refractivity contribution in [2.75, 3.05) is 19.5 Å². The fraction of sp³-hybridized carbons (Fsp3) is 0.462. The number of anilines is 1. The second-order valence-electron chi connectivity index (χ2n) is 4.33. The van der Waals surface area contributed by atoms with Gasteiger partial charge in [0.25, 0.3) is 0 Å². The first kappa shape index (κ1) is 14.3. The van der Waals surface area contributed by atoms with E-state index in [1.807, 2.05) is 13.8 Å². The Labute approximate surface area is 107 Å². The quantitative estimate of drug-likeness (QED) is 0.835. The molecule has 0 heterocycles. The molecule has 1 atom stereocenters. The van der Waals surface area contributed by atoms with E-state index in [9.17, 15) is 4.79 Å². The minimum atomic E-state index is -0.530. The maximum Gasteiger partial charge on any atom is 0.241 e. The Bertz CT molecular complexity index is 419. The van der Waals surface area contributed by atoms with E-state index in [-0.39, 0.29) is 11.8 Å². The van der Waals surface area contributed by atoms with Crippen LogP contribution in [0.1, 0.15) is 13.8 Å². The van der Waals surface area contributed by atoms with Gasteiger partial charge in [-0.1, -0.05) is 13.8 Å². The summed E-state index contributed by atoms with van der Waals surface area (Å²) in [5.41, 5.74) is 6.40. The molecule has 5 nitrogen and oxygen atoms in total. The van der Waals surface area contributed by atoms with Crippen LogP contribution >= 0.6 is 0 Å². The van der Waals surface area contributed by atoms with Gasteiger partial charge in [0.2, 0.25) is 5.91 Å². The summed E-state index contributed by atoms with van der Waals surface area (Å²) in [5, 5.41) is 2.75. The number of methoxy groups -OCH3 is 2. The highest BCUT2D eigenvalue weighted by molar-refractivity contribution is 5.95. The largest absolute Gasteiger partial charge is 0.493 e. The monoisotopic (exact) mass is 252 g/mol. The van der Waals surface area contributed by atoms with Gasteiger partial charge in [-0.15, -0.1) is 0 Å². The van der Waals surface area contributed by atoms with Gasteiger partial charge in [0, 0.05) is 11.8 Å². The molecule has 0 radical (unpaired) electrons. The van der Waals surface area contributed by atoms with Crippen molar-refractivity contribution >= 4 is 11.6 Å². The number of rotatable bonds is 5. The molecule has 1 aromatic rings. The van der Waals surface area contributed by atoms with Gasteiger partial charge < -0.3 is 20.5 Å². The van der Waals surface area contributed by atoms with Gasteiger partial charge >= 0.3 is 0 Å². The number of ether oxygens (including phenoxy) is 2. The summed E-state index contributed by atoms with van der Waals surface area (Å²) in [6.45, 7) is 3.80. The molecule has 0 aromatic heterocycles. The number of benzene rings is 1. The molecule has 0 aliphatic carbocycles. The van der Waals surface area contributed by atoms with Crippen LogP contribution < -0.4 is 20.5 Å². The number of hydrogen-bond acceptors (Lipinski definition) is 4. The van der Waals surface area contributed by atoms with Crippen molar-refractivity contribution in [2.45, 2.75) is 19.9 Å². The summed E-state index contributed by atoms with van der Waals surface area (Å²) in [5.74, 6) is 1.06. The van der Waals surface area contributed by atoms with E-state index in [4.69, 9.17) is 15.2 Å². The number of nitrogens with one attached hydrogen (secondary N) is 1. The summed E-state index contributed by atoms with van der Waals surface area (Å²) in [4.78, 5) is 11.8. The van der Waals surface area contributed by atoms with Crippen molar-refractivity contribution in [3.05, 3.63) is 18.2 Å². The van der Waals surface area contributed by atoms with E-state index in [0.717, 1.165) is 0 Å². The summed E-state index contributed by atoms with van der Waals surface area (Å²) in [6, 6.07) is 4.64. The number of nitrogens with two attached hydrogens (primary N) is 1. The van der Waals surface area contributed by atoms with Gasteiger partial charge in [0.1, 0.15) is 0 Å². The first-order chi connectivity index (χ1) is 8.49. The van der Waals surface area contributed by atoms with Crippen molar-refractivity contribution in [3.8, 4) is 11.5 Å². The van der Waals surface area contributed by atoms with Crippen LogP contribution in [0.4, 0.5) is 5.69 Å². The lowest BCUT2D eigenvalue weighted by Crippen LogP contribution is -2.39. The maximum absolute atomic E-state index is 11.8. The van der Waals surface area contributed by atoms with Crippen molar-refractivity contribution < 1.29 is 14.3 Å². The van der Waals surface area contributed by atoms with Gasteiger partial charge in [-0.3, -0.25) is 4.79 Å². The van der Waals surface area contributed by atoms with Crippen molar-refractivity contribution in [3.63, 3.8) is 0 Å². The van der Waals surface area contributed by atoms with Crippen LogP contribution in [0.3, 0.4) is 0 Å². The van der Waals surface area contributed by atoms with Crippen LogP contribution in [0.25, 0.3) is 0 Å². The molecule has 0 fully saturated rings. The lowest BCUT2D eigenvalue weighted by atomic mass is 10.0. The predicted octanol–water partition coefficient (Wildman–Crippen LogP) is 1.63. The topological polar surface area (TPSA) is 73.6 Å². The number of carbonyl (C=O) groups excluding carboxylic acids is 1. The van der Waals surface area contributed by atoms with Gasteiger partial charge in [0.05, 0.1) is 20.3 Å². The first-order valence-electron chi connectivity index (χ1n) is 5.78. The Morgan fingerprint density at radius 1 is 1.22 bits per heavy atom.